The highest BCUT2D eigenvalue weighted by atomic mass is 32.2. The van der Waals surface area contributed by atoms with E-state index >= 15 is 0 Å². The van der Waals surface area contributed by atoms with Crippen molar-refractivity contribution in [1.29, 1.82) is 0 Å². The summed E-state index contributed by atoms with van der Waals surface area (Å²) < 4.78 is 55.0. The van der Waals surface area contributed by atoms with E-state index < -0.39 is 24.4 Å². The van der Waals surface area contributed by atoms with Gasteiger partial charge in [-0.15, -0.1) is 10.2 Å². The summed E-state index contributed by atoms with van der Waals surface area (Å²) in [5.74, 6) is 0.619. The number of nitrogens with two attached hydrogens (primary N) is 1. The normalized spacial score (nSPS) is 11.9. The molecule has 12 heteroatoms. The van der Waals surface area contributed by atoms with Crippen LogP contribution in [0.5, 0.6) is 5.75 Å². The van der Waals surface area contributed by atoms with Crippen LogP contribution in [0.25, 0.3) is 0 Å². The van der Waals surface area contributed by atoms with Crippen LogP contribution in [0, 0.1) is 0 Å². The number of nitrogens with zero attached hydrogens (tertiary/aromatic N) is 3. The van der Waals surface area contributed by atoms with Gasteiger partial charge in [0.1, 0.15) is 5.75 Å². The van der Waals surface area contributed by atoms with Crippen LogP contribution < -0.4 is 14.2 Å². The number of aromatic nitrogens is 2. The van der Waals surface area contributed by atoms with Crippen LogP contribution in [0.2, 0.25) is 0 Å². The molecular weight excluding hydrogens is 424 g/mol. The summed E-state index contributed by atoms with van der Waals surface area (Å²) >= 11 is 0.583. The third-order valence-electron chi connectivity index (χ3n) is 3.67. The number of anilines is 1. The molecule has 9 nitrogen and oxygen atoms in total. The van der Waals surface area contributed by atoms with Gasteiger partial charge in [-0.05, 0) is 29.8 Å². The van der Waals surface area contributed by atoms with Crippen molar-refractivity contribution in [1.82, 2.24) is 10.2 Å². The summed E-state index contributed by atoms with van der Waals surface area (Å²) in [6, 6.07) is 14.6. The maximum absolute atomic E-state index is 13.2. The Kier molecular flexibility index (Phi) is 5.65. The van der Waals surface area contributed by atoms with Crippen LogP contribution in [-0.4, -0.2) is 34.1 Å². The van der Waals surface area contributed by atoms with Gasteiger partial charge in [-0.25, -0.2) is 26.3 Å². The molecule has 0 saturated heterocycles. The standard InChI is InChI=1S/C16H16N4O5S3/c1-25-13-9-7-12(8-10-13)11-20(15-18-19-16(26-15)27(17,21)22)28(23,24)14-5-3-2-4-6-14/h2-10H,11H2,1H3,(H2,17,21,22). The fraction of sp³-hybridized carbons (Fsp3) is 0.125. The number of ether oxygens (including phenoxy) is 1. The molecule has 0 spiro atoms. The van der Waals surface area contributed by atoms with Crippen molar-refractivity contribution in [2.24, 2.45) is 5.14 Å². The summed E-state index contributed by atoms with van der Waals surface area (Å²) in [7, 11) is -6.60. The van der Waals surface area contributed by atoms with Crippen LogP contribution >= 0.6 is 11.3 Å². The summed E-state index contributed by atoms with van der Waals surface area (Å²) in [5, 5.41) is 12.2. The van der Waals surface area contributed by atoms with Crippen molar-refractivity contribution in [3.8, 4) is 5.75 Å². The van der Waals surface area contributed by atoms with Gasteiger partial charge in [-0.1, -0.05) is 41.7 Å². The first-order chi connectivity index (χ1) is 13.2. The minimum atomic E-state index is -4.10. The van der Waals surface area contributed by atoms with E-state index in [0.717, 1.165) is 4.31 Å². The number of benzene rings is 2. The molecule has 28 heavy (non-hydrogen) atoms. The van der Waals surface area contributed by atoms with Crippen LogP contribution in [0.3, 0.4) is 0 Å². The molecule has 1 heterocycles. The molecular formula is C16H16N4O5S3. The molecule has 0 aliphatic rings. The monoisotopic (exact) mass is 440 g/mol. The van der Waals surface area contributed by atoms with Crippen molar-refractivity contribution in [3.05, 3.63) is 60.2 Å². The summed E-state index contributed by atoms with van der Waals surface area (Å²) in [6.45, 7) is -0.0829. The molecule has 1 aromatic heterocycles. The Labute approximate surface area is 166 Å². The van der Waals surface area contributed by atoms with E-state index in [4.69, 9.17) is 9.88 Å². The maximum Gasteiger partial charge on any atom is 0.267 e. The Morgan fingerprint density at radius 1 is 1.00 bits per heavy atom. The number of hydrogen-bond acceptors (Lipinski definition) is 8. The van der Waals surface area contributed by atoms with Gasteiger partial charge >= 0.3 is 0 Å². The molecule has 0 saturated carbocycles. The second kappa shape index (κ2) is 7.83. The second-order valence-corrected chi connectivity index (χ2v) is 10.1. The highest BCUT2D eigenvalue weighted by Gasteiger charge is 2.29. The lowest BCUT2D eigenvalue weighted by atomic mass is 10.2. The third-order valence-corrected chi connectivity index (χ3v) is 7.79. The van der Waals surface area contributed by atoms with E-state index in [1.807, 2.05) is 0 Å². The van der Waals surface area contributed by atoms with Gasteiger partial charge in [-0.3, -0.25) is 0 Å². The highest BCUT2D eigenvalue weighted by molar-refractivity contribution is 7.93. The van der Waals surface area contributed by atoms with Gasteiger partial charge in [-0.2, -0.15) is 0 Å². The molecule has 0 atom stereocenters. The highest BCUT2D eigenvalue weighted by Crippen LogP contribution is 2.30. The lowest BCUT2D eigenvalue weighted by Crippen LogP contribution is -2.30. The number of primary sulfonamides is 1. The van der Waals surface area contributed by atoms with Gasteiger partial charge in [0.15, 0.2) is 0 Å². The molecule has 3 aromatic rings. The molecule has 0 radical (unpaired) electrons. The number of rotatable bonds is 7. The number of sulfonamides is 2. The Hall–Kier alpha value is -2.54. The van der Waals surface area contributed by atoms with E-state index in [1.54, 1.807) is 42.5 Å². The quantitative estimate of drug-likeness (QED) is 0.590. The summed E-state index contributed by atoms with van der Waals surface area (Å²) in [4.78, 5) is 0.0378. The van der Waals surface area contributed by atoms with Crippen LogP contribution in [0.4, 0.5) is 5.13 Å². The van der Waals surface area contributed by atoms with Crippen molar-refractivity contribution in [3.63, 3.8) is 0 Å². The van der Waals surface area contributed by atoms with Crippen LogP contribution in [0.1, 0.15) is 5.56 Å². The topological polar surface area (TPSA) is 133 Å². The molecule has 2 aromatic carbocycles. The van der Waals surface area contributed by atoms with Crippen molar-refractivity contribution in [2.45, 2.75) is 15.8 Å². The van der Waals surface area contributed by atoms with E-state index in [2.05, 4.69) is 10.2 Å². The molecule has 0 aliphatic carbocycles. The summed E-state index contributed by atoms with van der Waals surface area (Å²) in [6.07, 6.45) is 0. The minimum absolute atomic E-state index is 0.0378. The fourth-order valence-electron chi connectivity index (χ4n) is 2.29. The van der Waals surface area contributed by atoms with Gasteiger partial charge in [0.2, 0.25) is 9.47 Å². The predicted octanol–water partition coefficient (Wildman–Crippen LogP) is 1.59. The van der Waals surface area contributed by atoms with Gasteiger partial charge in [0, 0.05) is 0 Å². The smallest absolute Gasteiger partial charge is 0.267 e. The van der Waals surface area contributed by atoms with E-state index in [0.29, 0.717) is 22.6 Å². The second-order valence-electron chi connectivity index (χ2n) is 5.57. The van der Waals surface area contributed by atoms with Gasteiger partial charge in [0.25, 0.3) is 20.0 Å². The Bertz CT molecular complexity index is 1160. The van der Waals surface area contributed by atoms with Gasteiger partial charge in [0.05, 0.1) is 18.6 Å². The largest absolute Gasteiger partial charge is 0.497 e. The van der Waals surface area contributed by atoms with Crippen molar-refractivity contribution in [2.75, 3.05) is 11.4 Å². The summed E-state index contributed by atoms with van der Waals surface area (Å²) in [5.41, 5.74) is 0.646. The lowest BCUT2D eigenvalue weighted by molar-refractivity contribution is 0.414. The Morgan fingerprint density at radius 2 is 1.64 bits per heavy atom. The molecule has 0 amide bonds. The van der Waals surface area contributed by atoms with Gasteiger partial charge < -0.3 is 4.74 Å². The first kappa shape index (κ1) is 20.2. The average Bonchev–Trinajstić information content (AvgIpc) is 3.17. The predicted molar refractivity (Wildman–Crippen MR) is 104 cm³/mol. The van der Waals surface area contributed by atoms with E-state index in [-0.39, 0.29) is 16.6 Å². The SMILES string of the molecule is COc1ccc(CN(c2nnc(S(N)(=O)=O)s2)S(=O)(=O)c2ccccc2)cc1. The fourth-order valence-corrected chi connectivity index (χ4v) is 5.34. The lowest BCUT2D eigenvalue weighted by Gasteiger charge is -2.21. The maximum atomic E-state index is 13.2. The van der Waals surface area contributed by atoms with Crippen molar-refractivity contribution < 1.29 is 21.6 Å². The zero-order valence-corrected chi connectivity index (χ0v) is 17.0. The Morgan fingerprint density at radius 3 is 2.18 bits per heavy atom. The molecule has 0 unspecified atom stereocenters. The first-order valence-electron chi connectivity index (χ1n) is 7.79. The first-order valence-corrected chi connectivity index (χ1v) is 11.6. The van der Waals surface area contributed by atoms with E-state index in [9.17, 15) is 16.8 Å². The molecule has 2 N–H and O–H groups in total. The molecule has 3 rings (SSSR count). The number of methoxy groups -OCH3 is 1. The molecule has 0 bridgehead atoms. The molecule has 148 valence electrons. The van der Waals surface area contributed by atoms with Crippen molar-refractivity contribution >= 4 is 36.5 Å². The minimum Gasteiger partial charge on any atom is -0.497 e. The van der Waals surface area contributed by atoms with Crippen LogP contribution in [-0.2, 0) is 26.6 Å². The third kappa shape index (κ3) is 4.30. The Balaban J connectivity index is 2.06. The molecule has 0 fully saturated rings. The average molecular weight is 441 g/mol. The van der Waals surface area contributed by atoms with E-state index in [1.165, 1.54) is 19.2 Å². The zero-order chi connectivity index (χ0) is 20.4. The number of hydrogen-bond donors (Lipinski definition) is 1. The van der Waals surface area contributed by atoms with Crippen LogP contribution in [0.15, 0.2) is 63.8 Å². The zero-order valence-electron chi connectivity index (χ0n) is 14.6. The molecule has 0 aliphatic heterocycles.